The van der Waals surface area contributed by atoms with Gasteiger partial charge in [-0.2, -0.15) is 0 Å². The van der Waals surface area contributed by atoms with Crippen molar-refractivity contribution in [1.29, 1.82) is 0 Å². The summed E-state index contributed by atoms with van der Waals surface area (Å²) in [5.74, 6) is 1.48. The number of hydrogen-bond acceptors (Lipinski definition) is 6. The molecule has 4 rings (SSSR count). The molecule has 8 heteroatoms. The molecule has 3 aromatic rings. The Kier molecular flexibility index (Phi) is 3.96. The number of anilines is 2. The lowest BCUT2D eigenvalue weighted by atomic mass is 10.2. The molecule has 1 saturated heterocycles. The Balaban J connectivity index is 1.68. The van der Waals surface area contributed by atoms with E-state index < -0.39 is 6.17 Å². The Morgan fingerprint density at radius 2 is 2.12 bits per heavy atom. The summed E-state index contributed by atoms with van der Waals surface area (Å²) in [7, 11) is 3.88. The summed E-state index contributed by atoms with van der Waals surface area (Å²) in [5, 5.41) is 10.8. The average molecular weight is 341 g/mol. The third kappa shape index (κ3) is 3.00. The molecule has 7 nitrogen and oxygen atoms in total. The van der Waals surface area contributed by atoms with E-state index in [2.05, 4.69) is 25.7 Å². The van der Waals surface area contributed by atoms with Crippen molar-refractivity contribution in [3.8, 4) is 11.4 Å². The summed E-state index contributed by atoms with van der Waals surface area (Å²) in [6.07, 6.45) is 0.841. The molecule has 0 aromatic carbocycles. The van der Waals surface area contributed by atoms with Crippen molar-refractivity contribution in [2.75, 3.05) is 37.4 Å². The molecule has 0 bridgehead atoms. The minimum atomic E-state index is -0.912. The van der Waals surface area contributed by atoms with E-state index in [9.17, 15) is 4.39 Å². The van der Waals surface area contributed by atoms with Crippen LogP contribution in [0, 0.1) is 0 Å². The third-order valence-corrected chi connectivity index (χ3v) is 4.29. The Morgan fingerprint density at radius 1 is 1.24 bits per heavy atom. The number of imidazole rings is 1. The van der Waals surface area contributed by atoms with Crippen molar-refractivity contribution in [3.63, 3.8) is 0 Å². The van der Waals surface area contributed by atoms with Gasteiger partial charge in [0.2, 0.25) is 0 Å². The van der Waals surface area contributed by atoms with Crippen molar-refractivity contribution < 1.29 is 4.39 Å². The van der Waals surface area contributed by atoms with Gasteiger partial charge < -0.3 is 15.5 Å². The van der Waals surface area contributed by atoms with Crippen LogP contribution in [-0.4, -0.2) is 59.0 Å². The van der Waals surface area contributed by atoms with Gasteiger partial charge in [-0.05, 0) is 24.3 Å². The van der Waals surface area contributed by atoms with Crippen LogP contribution in [-0.2, 0) is 0 Å². The van der Waals surface area contributed by atoms with Crippen LogP contribution in [0.5, 0.6) is 0 Å². The Morgan fingerprint density at radius 3 is 2.88 bits per heavy atom. The summed E-state index contributed by atoms with van der Waals surface area (Å²) in [6, 6.07) is 9.23. The van der Waals surface area contributed by atoms with E-state index in [1.54, 1.807) is 10.7 Å². The molecule has 0 radical (unpaired) electrons. The van der Waals surface area contributed by atoms with Crippen molar-refractivity contribution in [3.05, 3.63) is 36.5 Å². The summed E-state index contributed by atoms with van der Waals surface area (Å²) >= 11 is 0. The van der Waals surface area contributed by atoms with E-state index in [1.807, 2.05) is 49.3 Å². The standard InChI is InChI=1S/C17H20FN7/c1-24(2)17-7-6-16-20-10-14(25(16)23-17)12-4-3-5-15(21-12)22-13-9-19-8-11(13)18/h3-7,10-11,13,19H,8-9H2,1-2H3,(H,21,22). The van der Waals surface area contributed by atoms with Crippen LogP contribution in [0.3, 0.4) is 0 Å². The lowest BCUT2D eigenvalue weighted by Gasteiger charge is -2.15. The first-order chi connectivity index (χ1) is 12.1. The number of alkyl halides is 1. The van der Waals surface area contributed by atoms with E-state index in [-0.39, 0.29) is 6.04 Å². The Hall–Kier alpha value is -2.74. The first kappa shape index (κ1) is 15.8. The predicted molar refractivity (Wildman–Crippen MR) is 95.7 cm³/mol. The zero-order valence-electron chi connectivity index (χ0n) is 14.1. The maximum atomic E-state index is 13.8. The van der Waals surface area contributed by atoms with Gasteiger partial charge in [0, 0.05) is 27.2 Å². The average Bonchev–Trinajstić information content (AvgIpc) is 3.21. The molecule has 2 atom stereocenters. The van der Waals surface area contributed by atoms with Gasteiger partial charge in [0.25, 0.3) is 0 Å². The summed E-state index contributed by atoms with van der Waals surface area (Å²) in [5.41, 5.74) is 2.29. The molecule has 3 aromatic heterocycles. The molecule has 0 amide bonds. The van der Waals surface area contributed by atoms with Gasteiger partial charge in [-0.25, -0.2) is 18.9 Å². The highest BCUT2D eigenvalue weighted by Gasteiger charge is 2.26. The molecular weight excluding hydrogens is 321 g/mol. The fourth-order valence-corrected chi connectivity index (χ4v) is 2.91. The van der Waals surface area contributed by atoms with E-state index in [0.29, 0.717) is 18.9 Å². The number of pyridine rings is 1. The molecular formula is C17H20FN7. The third-order valence-electron chi connectivity index (χ3n) is 4.29. The topological polar surface area (TPSA) is 70.4 Å². The van der Waals surface area contributed by atoms with Gasteiger partial charge in [-0.3, -0.25) is 0 Å². The fraction of sp³-hybridized carbons (Fsp3) is 0.353. The lowest BCUT2D eigenvalue weighted by molar-refractivity contribution is 0.342. The number of rotatable bonds is 4. The number of hydrogen-bond donors (Lipinski definition) is 2. The molecule has 0 spiro atoms. The highest BCUT2D eigenvalue weighted by molar-refractivity contribution is 5.62. The summed E-state index contributed by atoms with van der Waals surface area (Å²) in [6.45, 7) is 0.971. The van der Waals surface area contributed by atoms with Gasteiger partial charge >= 0.3 is 0 Å². The number of fused-ring (bicyclic) bond motifs is 1. The maximum Gasteiger partial charge on any atom is 0.154 e. The van der Waals surface area contributed by atoms with E-state index in [0.717, 1.165) is 22.9 Å². The molecule has 2 N–H and O–H groups in total. The Labute approximate surface area is 144 Å². The number of halogens is 1. The van der Waals surface area contributed by atoms with Crippen LogP contribution < -0.4 is 15.5 Å². The van der Waals surface area contributed by atoms with E-state index in [1.165, 1.54) is 0 Å². The summed E-state index contributed by atoms with van der Waals surface area (Å²) in [4.78, 5) is 10.9. The number of aromatic nitrogens is 4. The first-order valence-electron chi connectivity index (χ1n) is 8.23. The monoisotopic (exact) mass is 341 g/mol. The van der Waals surface area contributed by atoms with Crippen LogP contribution in [0.15, 0.2) is 36.5 Å². The SMILES string of the molecule is CN(C)c1ccc2ncc(-c3cccc(NC4CNCC4F)n3)n2n1. The van der Waals surface area contributed by atoms with Crippen LogP contribution in [0.1, 0.15) is 0 Å². The highest BCUT2D eigenvalue weighted by atomic mass is 19.1. The fourth-order valence-electron chi connectivity index (χ4n) is 2.91. The molecule has 1 fully saturated rings. The van der Waals surface area contributed by atoms with Crippen LogP contribution in [0.4, 0.5) is 16.0 Å². The van der Waals surface area contributed by atoms with E-state index in [4.69, 9.17) is 0 Å². The second-order valence-corrected chi connectivity index (χ2v) is 6.33. The van der Waals surface area contributed by atoms with Crippen molar-refractivity contribution >= 4 is 17.3 Å². The summed E-state index contributed by atoms with van der Waals surface area (Å²) < 4.78 is 15.6. The minimum Gasteiger partial charge on any atom is -0.363 e. The number of nitrogens with zero attached hydrogens (tertiary/aromatic N) is 5. The molecule has 25 heavy (non-hydrogen) atoms. The zero-order valence-corrected chi connectivity index (χ0v) is 14.1. The molecule has 0 aliphatic carbocycles. The van der Waals surface area contributed by atoms with Crippen LogP contribution in [0.2, 0.25) is 0 Å². The molecule has 1 aliphatic heterocycles. The second-order valence-electron chi connectivity index (χ2n) is 6.33. The Bertz CT molecular complexity index is 892. The second kappa shape index (κ2) is 6.29. The quantitative estimate of drug-likeness (QED) is 0.751. The molecule has 1 aliphatic rings. The molecule has 4 heterocycles. The normalized spacial score (nSPS) is 20.1. The maximum absolute atomic E-state index is 13.8. The van der Waals surface area contributed by atoms with Crippen molar-refractivity contribution in [1.82, 2.24) is 24.9 Å². The smallest absolute Gasteiger partial charge is 0.154 e. The van der Waals surface area contributed by atoms with Gasteiger partial charge in [-0.15, -0.1) is 5.10 Å². The van der Waals surface area contributed by atoms with Crippen LogP contribution >= 0.6 is 0 Å². The van der Waals surface area contributed by atoms with Gasteiger partial charge in [-0.1, -0.05) is 6.07 Å². The molecule has 2 unspecified atom stereocenters. The molecule has 130 valence electrons. The van der Waals surface area contributed by atoms with Gasteiger partial charge in [0.1, 0.15) is 23.5 Å². The van der Waals surface area contributed by atoms with Crippen LogP contribution in [0.25, 0.3) is 17.0 Å². The van der Waals surface area contributed by atoms with Gasteiger partial charge in [0.05, 0.1) is 17.9 Å². The lowest BCUT2D eigenvalue weighted by Crippen LogP contribution is -2.29. The zero-order chi connectivity index (χ0) is 17.4. The van der Waals surface area contributed by atoms with E-state index >= 15 is 0 Å². The highest BCUT2D eigenvalue weighted by Crippen LogP contribution is 2.22. The molecule has 0 saturated carbocycles. The number of nitrogens with one attached hydrogen (secondary N) is 2. The minimum absolute atomic E-state index is 0.261. The van der Waals surface area contributed by atoms with Crippen molar-refractivity contribution in [2.45, 2.75) is 12.2 Å². The van der Waals surface area contributed by atoms with Crippen molar-refractivity contribution in [2.24, 2.45) is 0 Å². The first-order valence-corrected chi connectivity index (χ1v) is 8.23. The predicted octanol–water partition coefficient (Wildman–Crippen LogP) is 1.58. The van der Waals surface area contributed by atoms with Gasteiger partial charge in [0.15, 0.2) is 5.65 Å². The largest absolute Gasteiger partial charge is 0.363 e.